The average Bonchev–Trinajstić information content (AvgIpc) is 2.71. The highest BCUT2D eigenvalue weighted by Crippen LogP contribution is 2.35. The molecule has 2 aromatic rings. The Balaban J connectivity index is 2.68. The molecule has 0 saturated carbocycles. The van der Waals surface area contributed by atoms with E-state index in [2.05, 4.69) is 10.3 Å². The lowest BCUT2D eigenvalue weighted by atomic mass is 10.1. The van der Waals surface area contributed by atoms with Gasteiger partial charge >= 0.3 is 18.4 Å². The van der Waals surface area contributed by atoms with E-state index in [4.69, 9.17) is 5.26 Å². The highest BCUT2D eigenvalue weighted by Gasteiger charge is 2.33. The zero-order valence-electron chi connectivity index (χ0n) is 16.3. The molecule has 0 N–H and O–H groups in total. The lowest BCUT2D eigenvalue weighted by Gasteiger charge is -2.22. The van der Waals surface area contributed by atoms with Gasteiger partial charge in [0.2, 0.25) is 0 Å². The van der Waals surface area contributed by atoms with E-state index >= 15 is 0 Å². The molecular formula is C19H12F6N6O. The van der Waals surface area contributed by atoms with Gasteiger partial charge in [-0.1, -0.05) is 5.22 Å². The minimum Gasteiger partial charge on any atom is -0.329 e. The molecule has 0 heterocycles. The van der Waals surface area contributed by atoms with Crippen molar-refractivity contribution < 1.29 is 31.1 Å². The molecular weight excluding hydrogens is 442 g/mol. The molecule has 0 radical (unpaired) electrons. The Hall–Kier alpha value is -4.13. The van der Waals surface area contributed by atoms with Crippen molar-refractivity contribution in [1.82, 2.24) is 4.90 Å². The van der Waals surface area contributed by atoms with Crippen molar-refractivity contribution in [1.29, 1.82) is 10.5 Å². The summed E-state index contributed by atoms with van der Waals surface area (Å²) in [6.07, 6.45) is -9.59. The Bertz CT molecular complexity index is 1140. The van der Waals surface area contributed by atoms with E-state index < -0.39 is 40.9 Å². The highest BCUT2D eigenvalue weighted by molar-refractivity contribution is 5.92. The summed E-state index contributed by atoms with van der Waals surface area (Å²) in [6, 6.07) is 6.07. The third-order valence-corrected chi connectivity index (χ3v) is 3.92. The van der Waals surface area contributed by atoms with Crippen LogP contribution in [-0.4, -0.2) is 25.0 Å². The van der Waals surface area contributed by atoms with Crippen LogP contribution in [0.5, 0.6) is 0 Å². The van der Waals surface area contributed by atoms with Crippen molar-refractivity contribution in [2.75, 3.05) is 19.1 Å². The Morgan fingerprint density at radius 1 is 0.875 bits per heavy atom. The van der Waals surface area contributed by atoms with E-state index in [1.807, 2.05) is 0 Å². The zero-order chi connectivity index (χ0) is 24.3. The lowest BCUT2D eigenvalue weighted by Crippen LogP contribution is -2.36. The van der Waals surface area contributed by atoms with E-state index in [0.29, 0.717) is 29.3 Å². The van der Waals surface area contributed by atoms with Crippen LogP contribution < -0.4 is 5.01 Å². The van der Waals surface area contributed by atoms with Crippen LogP contribution in [0.1, 0.15) is 22.3 Å². The molecule has 0 unspecified atom stereocenters. The molecule has 0 bridgehead atoms. The topological polar surface area (TPSA) is 95.8 Å². The van der Waals surface area contributed by atoms with E-state index in [1.54, 1.807) is 12.1 Å². The molecule has 0 fully saturated rings. The summed E-state index contributed by atoms with van der Waals surface area (Å²) in [5.41, 5.74) is -4.25. The lowest BCUT2D eigenvalue weighted by molar-refractivity contribution is -0.138. The summed E-state index contributed by atoms with van der Waals surface area (Å²) in [5.74, 6) is 0. The number of rotatable bonds is 3. The van der Waals surface area contributed by atoms with Crippen LogP contribution in [-0.2, 0) is 12.4 Å². The van der Waals surface area contributed by atoms with Crippen molar-refractivity contribution >= 4 is 17.4 Å². The van der Waals surface area contributed by atoms with Crippen LogP contribution in [0, 0.1) is 22.7 Å². The number of benzene rings is 2. The van der Waals surface area contributed by atoms with Crippen molar-refractivity contribution in [3.63, 3.8) is 0 Å². The fourth-order valence-electron chi connectivity index (χ4n) is 2.33. The van der Waals surface area contributed by atoms with Gasteiger partial charge in [0, 0.05) is 14.1 Å². The molecule has 7 nitrogen and oxygen atoms in total. The van der Waals surface area contributed by atoms with Crippen molar-refractivity contribution in [3.8, 4) is 12.1 Å². The number of halogens is 6. The molecule has 2 aromatic carbocycles. The highest BCUT2D eigenvalue weighted by atomic mass is 19.4. The van der Waals surface area contributed by atoms with Gasteiger partial charge in [-0.15, -0.1) is 5.11 Å². The molecule has 166 valence electrons. The SMILES string of the molecule is CN(C)C(=O)N(N=Nc1cc(C(F)(F)F)ccc1C#N)c1cc(C(F)(F)F)ccc1C#N. The smallest absolute Gasteiger partial charge is 0.329 e. The maximum absolute atomic E-state index is 13.1. The van der Waals surface area contributed by atoms with Gasteiger partial charge in [0.1, 0.15) is 17.8 Å². The zero-order valence-corrected chi connectivity index (χ0v) is 16.3. The summed E-state index contributed by atoms with van der Waals surface area (Å²) >= 11 is 0. The first-order chi connectivity index (χ1) is 14.8. The van der Waals surface area contributed by atoms with Gasteiger partial charge in [-0.3, -0.25) is 0 Å². The second-order valence-electron chi connectivity index (χ2n) is 6.36. The first-order valence-electron chi connectivity index (χ1n) is 8.45. The first kappa shape index (κ1) is 24.1. The quantitative estimate of drug-likeness (QED) is 0.340. The van der Waals surface area contributed by atoms with Gasteiger partial charge in [-0.05, 0) is 36.4 Å². The van der Waals surface area contributed by atoms with Gasteiger partial charge in [-0.25, -0.2) is 4.79 Å². The van der Waals surface area contributed by atoms with Crippen LogP contribution in [0.3, 0.4) is 0 Å². The third-order valence-electron chi connectivity index (χ3n) is 3.92. The normalized spacial score (nSPS) is 11.7. The molecule has 32 heavy (non-hydrogen) atoms. The maximum Gasteiger partial charge on any atom is 0.416 e. The van der Waals surface area contributed by atoms with E-state index in [1.165, 1.54) is 14.1 Å². The standard InChI is InChI=1S/C19H12F6N6O/c1-30(2)17(32)31(16-8-14(19(23,24)25)6-4-12(16)10-27)29-28-15-7-13(18(20,21)22)5-3-11(15)9-26/h3-8H,1-2H3. The van der Waals surface area contributed by atoms with Crippen LogP contribution >= 0.6 is 0 Å². The van der Waals surface area contributed by atoms with Crippen LogP contribution in [0.15, 0.2) is 46.7 Å². The van der Waals surface area contributed by atoms with Gasteiger partial charge < -0.3 is 4.90 Å². The number of alkyl halides is 6. The predicted octanol–water partition coefficient (Wildman–Crippen LogP) is 5.65. The molecule has 0 aliphatic rings. The number of carbonyl (C=O) groups excluding carboxylic acids is 1. The number of carbonyl (C=O) groups is 1. The van der Waals surface area contributed by atoms with Gasteiger partial charge in [0.15, 0.2) is 0 Å². The number of hydrogen-bond donors (Lipinski definition) is 0. The Kier molecular flexibility index (Phi) is 6.74. The summed E-state index contributed by atoms with van der Waals surface area (Å²) in [4.78, 5) is 13.4. The summed E-state index contributed by atoms with van der Waals surface area (Å²) < 4.78 is 78.4. The van der Waals surface area contributed by atoms with Crippen molar-refractivity contribution in [2.24, 2.45) is 10.3 Å². The molecule has 0 aliphatic carbocycles. The second-order valence-corrected chi connectivity index (χ2v) is 6.36. The number of nitriles is 2. The fraction of sp³-hybridized carbons (Fsp3) is 0.211. The van der Waals surface area contributed by atoms with Crippen molar-refractivity contribution in [2.45, 2.75) is 12.4 Å². The average molecular weight is 454 g/mol. The number of amides is 2. The summed E-state index contributed by atoms with van der Waals surface area (Å²) in [6.45, 7) is 0. The largest absolute Gasteiger partial charge is 0.416 e. The molecule has 0 atom stereocenters. The second kappa shape index (κ2) is 8.93. The van der Waals surface area contributed by atoms with Crippen LogP contribution in [0.2, 0.25) is 0 Å². The van der Waals surface area contributed by atoms with Gasteiger partial charge in [0.05, 0.1) is 27.9 Å². The Morgan fingerprint density at radius 3 is 1.84 bits per heavy atom. The van der Waals surface area contributed by atoms with Crippen molar-refractivity contribution in [3.05, 3.63) is 58.7 Å². The fourth-order valence-corrected chi connectivity index (χ4v) is 2.33. The molecule has 0 saturated heterocycles. The maximum atomic E-state index is 13.1. The van der Waals surface area contributed by atoms with E-state index in [-0.39, 0.29) is 11.1 Å². The third kappa shape index (κ3) is 5.31. The Morgan fingerprint density at radius 2 is 1.38 bits per heavy atom. The minimum absolute atomic E-state index is 0.329. The minimum atomic E-state index is -4.82. The number of nitrogens with zero attached hydrogens (tertiary/aromatic N) is 6. The monoisotopic (exact) mass is 454 g/mol. The van der Waals surface area contributed by atoms with Crippen LogP contribution in [0.4, 0.5) is 42.5 Å². The van der Waals surface area contributed by atoms with E-state index in [9.17, 15) is 36.4 Å². The summed E-state index contributed by atoms with van der Waals surface area (Å²) in [7, 11) is 2.46. The molecule has 0 aromatic heterocycles. The van der Waals surface area contributed by atoms with Gasteiger partial charge in [0.25, 0.3) is 0 Å². The predicted molar refractivity (Wildman–Crippen MR) is 98.4 cm³/mol. The molecule has 0 spiro atoms. The number of urea groups is 1. The van der Waals surface area contributed by atoms with E-state index in [0.717, 1.165) is 17.0 Å². The Labute approximate surface area is 177 Å². The molecule has 13 heteroatoms. The van der Waals surface area contributed by atoms with Crippen LogP contribution in [0.25, 0.3) is 0 Å². The van der Waals surface area contributed by atoms with Gasteiger partial charge in [-0.2, -0.15) is 41.9 Å². The summed E-state index contributed by atoms with van der Waals surface area (Å²) in [5, 5.41) is 25.7. The molecule has 2 rings (SSSR count). The number of anilines is 1. The number of hydrogen-bond acceptors (Lipinski definition) is 5. The molecule has 2 amide bonds. The first-order valence-corrected chi connectivity index (χ1v) is 8.45. The molecule has 0 aliphatic heterocycles.